The van der Waals surface area contributed by atoms with Gasteiger partial charge < -0.3 is 5.11 Å². The predicted octanol–water partition coefficient (Wildman–Crippen LogP) is 4.27. The summed E-state index contributed by atoms with van der Waals surface area (Å²) in [6.07, 6.45) is 1.96. The van der Waals surface area contributed by atoms with Crippen molar-refractivity contribution in [2.45, 2.75) is 19.8 Å². The van der Waals surface area contributed by atoms with E-state index in [0.29, 0.717) is 5.75 Å². The van der Waals surface area contributed by atoms with E-state index in [-0.39, 0.29) is 0 Å². The Hall–Kier alpha value is -2.02. The molecule has 0 aromatic heterocycles. The van der Waals surface area contributed by atoms with Crippen LogP contribution in [0.25, 0.3) is 11.1 Å². The van der Waals surface area contributed by atoms with Gasteiger partial charge in [0.2, 0.25) is 0 Å². The number of benzene rings is 2. The maximum absolute atomic E-state index is 9.59. The molecule has 2 aromatic carbocycles. The van der Waals surface area contributed by atoms with Gasteiger partial charge in [0.1, 0.15) is 5.75 Å². The predicted molar refractivity (Wildman–Crippen MR) is 75.4 cm³/mol. The molecule has 1 aliphatic rings. The minimum absolute atomic E-state index is 0.360. The molecule has 0 amide bonds. The fourth-order valence-corrected chi connectivity index (χ4v) is 2.80. The first-order valence-corrected chi connectivity index (χ1v) is 6.39. The number of hydrogen-bond donors (Lipinski definition) is 1. The number of aromatic hydroxyl groups is 1. The quantitative estimate of drug-likeness (QED) is 0.825. The highest BCUT2D eigenvalue weighted by Crippen LogP contribution is 2.40. The van der Waals surface area contributed by atoms with E-state index in [2.05, 4.69) is 31.2 Å². The molecule has 2 aromatic rings. The maximum atomic E-state index is 9.59. The highest BCUT2D eigenvalue weighted by molar-refractivity contribution is 5.97. The van der Waals surface area contributed by atoms with Gasteiger partial charge in [0, 0.05) is 0 Å². The molecule has 0 spiro atoms. The normalized spacial score (nSPS) is 13.8. The van der Waals surface area contributed by atoms with Crippen LogP contribution in [0.4, 0.5) is 0 Å². The molecule has 1 nitrogen and oxygen atoms in total. The van der Waals surface area contributed by atoms with Gasteiger partial charge in [0.15, 0.2) is 0 Å². The van der Waals surface area contributed by atoms with Gasteiger partial charge in [-0.3, -0.25) is 0 Å². The number of allylic oxidation sites excluding steroid dienone is 2. The van der Waals surface area contributed by atoms with E-state index in [0.717, 1.165) is 12.8 Å². The maximum Gasteiger partial charge on any atom is 0.115 e. The number of phenolic OH excluding ortho intramolecular Hbond substituents is 1. The third-order valence-corrected chi connectivity index (χ3v) is 3.62. The van der Waals surface area contributed by atoms with Crippen LogP contribution in [-0.2, 0) is 6.42 Å². The summed E-state index contributed by atoms with van der Waals surface area (Å²) < 4.78 is 0. The lowest BCUT2D eigenvalue weighted by atomic mass is 9.99. The zero-order chi connectivity index (χ0) is 12.5. The number of hydrogen-bond acceptors (Lipinski definition) is 1. The van der Waals surface area contributed by atoms with Crippen LogP contribution >= 0.6 is 0 Å². The molecule has 90 valence electrons. The molecule has 0 heterocycles. The van der Waals surface area contributed by atoms with Gasteiger partial charge in [-0.2, -0.15) is 0 Å². The standard InChI is InChI=1S/C17H16O/c1-2-15-16-9-8-14(18)10-13(16)11-17(15)12-6-4-3-5-7-12/h3-10,18H,2,11H2,1H3. The van der Waals surface area contributed by atoms with Crippen molar-refractivity contribution in [2.75, 3.05) is 0 Å². The molecule has 0 aliphatic heterocycles. The van der Waals surface area contributed by atoms with Crippen LogP contribution in [0.15, 0.2) is 48.5 Å². The molecule has 1 heteroatoms. The minimum atomic E-state index is 0.360. The molecule has 18 heavy (non-hydrogen) atoms. The Morgan fingerprint density at radius 1 is 1.06 bits per heavy atom. The van der Waals surface area contributed by atoms with Crippen LogP contribution in [0.3, 0.4) is 0 Å². The Bertz CT molecular complexity index is 609. The van der Waals surface area contributed by atoms with Gasteiger partial charge in [-0.15, -0.1) is 0 Å². The summed E-state index contributed by atoms with van der Waals surface area (Å²) in [5, 5.41) is 9.59. The van der Waals surface area contributed by atoms with Crippen molar-refractivity contribution in [2.24, 2.45) is 0 Å². The van der Waals surface area contributed by atoms with Crippen molar-refractivity contribution in [3.63, 3.8) is 0 Å². The zero-order valence-electron chi connectivity index (χ0n) is 10.5. The van der Waals surface area contributed by atoms with Gasteiger partial charge in [-0.25, -0.2) is 0 Å². The second-order valence-electron chi connectivity index (χ2n) is 4.69. The molecule has 0 radical (unpaired) electrons. The SMILES string of the molecule is CCC1=C(c2ccccc2)Cc2cc(O)ccc21. The second-order valence-corrected chi connectivity index (χ2v) is 4.69. The fourth-order valence-electron chi connectivity index (χ4n) is 2.80. The van der Waals surface area contributed by atoms with Gasteiger partial charge in [-0.05, 0) is 52.8 Å². The Morgan fingerprint density at radius 3 is 2.56 bits per heavy atom. The molecule has 0 unspecified atom stereocenters. The highest BCUT2D eigenvalue weighted by atomic mass is 16.3. The summed E-state index contributed by atoms with van der Waals surface area (Å²) in [7, 11) is 0. The Kier molecular flexibility index (Phi) is 2.67. The van der Waals surface area contributed by atoms with Crippen molar-refractivity contribution in [1.29, 1.82) is 0 Å². The van der Waals surface area contributed by atoms with E-state index >= 15 is 0 Å². The molecule has 1 aliphatic carbocycles. The molecule has 0 bridgehead atoms. The average molecular weight is 236 g/mol. The first-order chi connectivity index (χ1) is 8.79. The van der Waals surface area contributed by atoms with Crippen LogP contribution < -0.4 is 0 Å². The molecule has 0 atom stereocenters. The van der Waals surface area contributed by atoms with Crippen molar-refractivity contribution in [3.05, 3.63) is 65.2 Å². The summed E-state index contributed by atoms with van der Waals surface area (Å²) in [6, 6.07) is 16.2. The van der Waals surface area contributed by atoms with E-state index in [1.54, 1.807) is 6.07 Å². The summed E-state index contributed by atoms with van der Waals surface area (Å²) in [5.74, 6) is 0.360. The smallest absolute Gasteiger partial charge is 0.115 e. The van der Waals surface area contributed by atoms with Gasteiger partial charge in [0.05, 0.1) is 0 Å². The number of fused-ring (bicyclic) bond motifs is 1. The first-order valence-electron chi connectivity index (χ1n) is 6.39. The fraction of sp³-hybridized carbons (Fsp3) is 0.176. The second kappa shape index (κ2) is 4.34. The highest BCUT2D eigenvalue weighted by Gasteiger charge is 2.21. The monoisotopic (exact) mass is 236 g/mol. The summed E-state index contributed by atoms with van der Waals surface area (Å²) >= 11 is 0. The molecule has 1 N–H and O–H groups in total. The average Bonchev–Trinajstić information content (AvgIpc) is 2.77. The van der Waals surface area contributed by atoms with Gasteiger partial charge in [0.25, 0.3) is 0 Å². The third kappa shape index (κ3) is 1.72. The van der Waals surface area contributed by atoms with Crippen molar-refractivity contribution < 1.29 is 5.11 Å². The van der Waals surface area contributed by atoms with E-state index in [9.17, 15) is 5.11 Å². The summed E-state index contributed by atoms with van der Waals surface area (Å²) in [4.78, 5) is 0. The molecule has 0 saturated heterocycles. The zero-order valence-corrected chi connectivity index (χ0v) is 10.5. The van der Waals surface area contributed by atoms with Crippen molar-refractivity contribution >= 4 is 11.1 Å². The lowest BCUT2D eigenvalue weighted by molar-refractivity contribution is 0.475. The van der Waals surface area contributed by atoms with Crippen LogP contribution in [-0.4, -0.2) is 5.11 Å². The topological polar surface area (TPSA) is 20.2 Å². The lowest BCUT2D eigenvalue weighted by Gasteiger charge is -2.06. The van der Waals surface area contributed by atoms with Crippen LogP contribution in [0.2, 0.25) is 0 Å². The summed E-state index contributed by atoms with van der Waals surface area (Å²) in [5.41, 5.74) is 6.65. The minimum Gasteiger partial charge on any atom is -0.508 e. The van der Waals surface area contributed by atoms with Crippen LogP contribution in [0.1, 0.15) is 30.0 Å². The number of rotatable bonds is 2. The Labute approximate surface area is 107 Å². The Morgan fingerprint density at radius 2 is 1.83 bits per heavy atom. The van der Waals surface area contributed by atoms with Crippen LogP contribution in [0.5, 0.6) is 5.75 Å². The lowest BCUT2D eigenvalue weighted by Crippen LogP contribution is -1.85. The third-order valence-electron chi connectivity index (χ3n) is 3.62. The molecular formula is C17H16O. The molecule has 0 fully saturated rings. The first kappa shape index (κ1) is 11.1. The Balaban J connectivity index is 2.12. The molecule has 0 saturated carbocycles. The van der Waals surface area contributed by atoms with E-state index < -0.39 is 0 Å². The van der Waals surface area contributed by atoms with Crippen LogP contribution in [0, 0.1) is 0 Å². The summed E-state index contributed by atoms with van der Waals surface area (Å²) in [6.45, 7) is 2.19. The van der Waals surface area contributed by atoms with E-state index in [4.69, 9.17) is 0 Å². The van der Waals surface area contributed by atoms with Crippen molar-refractivity contribution in [1.82, 2.24) is 0 Å². The number of phenols is 1. The largest absolute Gasteiger partial charge is 0.508 e. The van der Waals surface area contributed by atoms with E-state index in [1.165, 1.54) is 27.8 Å². The molecular weight excluding hydrogens is 220 g/mol. The van der Waals surface area contributed by atoms with E-state index in [1.807, 2.05) is 18.2 Å². The molecule has 3 rings (SSSR count). The van der Waals surface area contributed by atoms with Gasteiger partial charge in [-0.1, -0.05) is 43.3 Å². The van der Waals surface area contributed by atoms with Gasteiger partial charge >= 0.3 is 0 Å². The van der Waals surface area contributed by atoms with Crippen molar-refractivity contribution in [3.8, 4) is 5.75 Å².